The quantitative estimate of drug-likeness (QED) is 0.792. The normalized spacial score (nSPS) is 22.6. The van der Waals surface area contributed by atoms with Gasteiger partial charge in [0.15, 0.2) is 0 Å². The van der Waals surface area contributed by atoms with Crippen molar-refractivity contribution >= 4 is 17.6 Å². The van der Waals surface area contributed by atoms with Crippen LogP contribution in [0.2, 0.25) is 5.02 Å². The smallest absolute Gasteiger partial charge is 0.315 e. The summed E-state index contributed by atoms with van der Waals surface area (Å²) in [6.45, 7) is 0.816. The number of hydrogen-bond donors (Lipinski definition) is 3. The molecule has 1 aromatic rings. The molecule has 0 aromatic heterocycles. The van der Waals surface area contributed by atoms with E-state index in [9.17, 15) is 9.90 Å². The molecule has 1 aliphatic heterocycles. The number of amides is 2. The predicted octanol–water partition coefficient (Wildman–Crippen LogP) is 3.16. The van der Waals surface area contributed by atoms with Crippen molar-refractivity contribution in [2.45, 2.75) is 50.2 Å². The molecule has 1 aliphatic carbocycles. The van der Waals surface area contributed by atoms with Crippen LogP contribution in [0.4, 0.5) is 4.79 Å². The largest absolute Gasteiger partial charge is 0.492 e. The second-order valence-electron chi connectivity index (χ2n) is 6.46. The monoisotopic (exact) mass is 338 g/mol. The summed E-state index contributed by atoms with van der Waals surface area (Å²) < 4.78 is 5.59. The highest BCUT2D eigenvalue weighted by atomic mass is 35.5. The van der Waals surface area contributed by atoms with Gasteiger partial charge in [-0.15, -0.1) is 0 Å². The van der Waals surface area contributed by atoms with E-state index < -0.39 is 5.60 Å². The third-order valence-electron chi connectivity index (χ3n) is 4.69. The van der Waals surface area contributed by atoms with Gasteiger partial charge in [-0.2, -0.15) is 0 Å². The van der Waals surface area contributed by atoms with Gasteiger partial charge in [0.05, 0.1) is 23.3 Å². The highest BCUT2D eigenvalue weighted by Crippen LogP contribution is 2.37. The lowest BCUT2D eigenvalue weighted by atomic mass is 9.85. The van der Waals surface area contributed by atoms with Gasteiger partial charge in [-0.3, -0.25) is 0 Å². The van der Waals surface area contributed by atoms with Gasteiger partial charge >= 0.3 is 6.03 Å². The molecule has 23 heavy (non-hydrogen) atoms. The Morgan fingerprint density at radius 2 is 2.13 bits per heavy atom. The fraction of sp³-hybridized carbons (Fsp3) is 0.588. The van der Waals surface area contributed by atoms with Gasteiger partial charge < -0.3 is 20.5 Å². The minimum Gasteiger partial charge on any atom is -0.492 e. The number of para-hydroxylation sites is 1. The van der Waals surface area contributed by atoms with Crippen LogP contribution >= 0.6 is 11.6 Å². The second kappa shape index (κ2) is 6.97. The molecular weight excluding hydrogens is 316 g/mol. The van der Waals surface area contributed by atoms with Crippen molar-refractivity contribution in [1.29, 1.82) is 0 Å². The van der Waals surface area contributed by atoms with E-state index in [1.807, 2.05) is 12.1 Å². The SMILES string of the molecule is O=C(NCC1(O)CCCCC1)NC1CCOc2c(Cl)cccc21. The summed E-state index contributed by atoms with van der Waals surface area (Å²) in [7, 11) is 0. The number of halogens is 1. The first-order valence-electron chi connectivity index (χ1n) is 8.25. The molecule has 0 bridgehead atoms. The third-order valence-corrected chi connectivity index (χ3v) is 4.99. The van der Waals surface area contributed by atoms with Gasteiger partial charge in [0.1, 0.15) is 5.75 Å². The number of nitrogens with one attached hydrogen (secondary N) is 2. The maximum atomic E-state index is 12.2. The average Bonchev–Trinajstić information content (AvgIpc) is 2.55. The van der Waals surface area contributed by atoms with Crippen molar-refractivity contribution in [1.82, 2.24) is 10.6 Å². The number of carbonyl (C=O) groups is 1. The maximum absolute atomic E-state index is 12.2. The van der Waals surface area contributed by atoms with Crippen LogP contribution in [0.3, 0.4) is 0 Å². The Hall–Kier alpha value is -1.46. The van der Waals surface area contributed by atoms with Gasteiger partial charge in [0.2, 0.25) is 0 Å². The fourth-order valence-corrected chi connectivity index (χ4v) is 3.61. The highest BCUT2D eigenvalue weighted by Gasteiger charge is 2.30. The number of rotatable bonds is 3. The Kier molecular flexibility index (Phi) is 4.97. The van der Waals surface area contributed by atoms with E-state index in [0.717, 1.165) is 37.7 Å². The van der Waals surface area contributed by atoms with Crippen molar-refractivity contribution in [2.24, 2.45) is 0 Å². The molecule has 0 radical (unpaired) electrons. The average molecular weight is 339 g/mol. The van der Waals surface area contributed by atoms with E-state index in [2.05, 4.69) is 10.6 Å². The van der Waals surface area contributed by atoms with Crippen molar-refractivity contribution in [2.75, 3.05) is 13.2 Å². The molecule has 1 atom stereocenters. The molecule has 1 aromatic carbocycles. The minimum atomic E-state index is -0.757. The van der Waals surface area contributed by atoms with Crippen LogP contribution < -0.4 is 15.4 Å². The summed E-state index contributed by atoms with van der Waals surface area (Å²) in [6.07, 6.45) is 5.41. The summed E-state index contributed by atoms with van der Waals surface area (Å²) in [6, 6.07) is 5.16. The molecule has 6 heteroatoms. The Morgan fingerprint density at radius 3 is 2.91 bits per heavy atom. The maximum Gasteiger partial charge on any atom is 0.315 e. The number of benzene rings is 1. The van der Waals surface area contributed by atoms with Gasteiger partial charge in [0.25, 0.3) is 0 Å². The van der Waals surface area contributed by atoms with Crippen molar-refractivity contribution in [3.05, 3.63) is 28.8 Å². The number of ether oxygens (including phenoxy) is 1. The van der Waals surface area contributed by atoms with Gasteiger partial charge in [0, 0.05) is 18.5 Å². The second-order valence-corrected chi connectivity index (χ2v) is 6.87. The van der Waals surface area contributed by atoms with E-state index in [0.29, 0.717) is 30.3 Å². The number of hydrogen-bond acceptors (Lipinski definition) is 3. The van der Waals surface area contributed by atoms with E-state index in [-0.39, 0.29) is 12.1 Å². The zero-order valence-electron chi connectivity index (χ0n) is 13.1. The Morgan fingerprint density at radius 1 is 1.35 bits per heavy atom. The molecule has 2 amide bonds. The lowest BCUT2D eigenvalue weighted by Gasteiger charge is -2.32. The molecule has 0 spiro atoms. The summed E-state index contributed by atoms with van der Waals surface area (Å²) in [5.74, 6) is 0.650. The van der Waals surface area contributed by atoms with E-state index in [1.165, 1.54) is 0 Å². The lowest BCUT2D eigenvalue weighted by Crippen LogP contribution is -2.48. The Balaban J connectivity index is 1.58. The van der Waals surface area contributed by atoms with Crippen molar-refractivity contribution < 1.29 is 14.6 Å². The summed E-state index contributed by atoms with van der Waals surface area (Å²) in [5.41, 5.74) is 0.141. The van der Waals surface area contributed by atoms with Crippen LogP contribution in [0.5, 0.6) is 5.75 Å². The Labute approximate surface area is 141 Å². The molecule has 1 heterocycles. The van der Waals surface area contributed by atoms with E-state index >= 15 is 0 Å². The van der Waals surface area contributed by atoms with Crippen LogP contribution in [0.15, 0.2) is 18.2 Å². The predicted molar refractivity (Wildman–Crippen MR) is 88.9 cm³/mol. The standard InChI is InChI=1S/C17H23ClN2O3/c18-13-6-4-5-12-14(7-10-23-15(12)13)20-16(21)19-11-17(22)8-2-1-3-9-17/h4-6,14,22H,1-3,7-11H2,(H2,19,20,21). The lowest BCUT2D eigenvalue weighted by molar-refractivity contribution is 0.00709. The highest BCUT2D eigenvalue weighted by molar-refractivity contribution is 6.32. The molecule has 2 aliphatic rings. The first-order chi connectivity index (χ1) is 11.1. The molecule has 1 unspecified atom stereocenters. The minimum absolute atomic E-state index is 0.126. The van der Waals surface area contributed by atoms with Crippen molar-refractivity contribution in [3.63, 3.8) is 0 Å². The summed E-state index contributed by atoms with van der Waals surface area (Å²) in [5, 5.41) is 16.8. The first-order valence-corrected chi connectivity index (χ1v) is 8.63. The zero-order valence-corrected chi connectivity index (χ0v) is 13.9. The zero-order chi connectivity index (χ0) is 16.3. The molecule has 3 N–H and O–H groups in total. The van der Waals surface area contributed by atoms with Gasteiger partial charge in [-0.25, -0.2) is 4.79 Å². The molecule has 1 fully saturated rings. The summed E-state index contributed by atoms with van der Waals surface area (Å²) in [4.78, 5) is 12.2. The first kappa shape index (κ1) is 16.4. The molecule has 1 saturated carbocycles. The van der Waals surface area contributed by atoms with E-state index in [4.69, 9.17) is 16.3 Å². The number of urea groups is 1. The van der Waals surface area contributed by atoms with E-state index in [1.54, 1.807) is 6.07 Å². The molecule has 126 valence electrons. The van der Waals surface area contributed by atoms with Crippen LogP contribution in [-0.2, 0) is 0 Å². The van der Waals surface area contributed by atoms with Crippen LogP contribution in [-0.4, -0.2) is 29.9 Å². The molecule has 3 rings (SSSR count). The van der Waals surface area contributed by atoms with Crippen LogP contribution in [0.25, 0.3) is 0 Å². The molecule has 5 nitrogen and oxygen atoms in total. The fourth-order valence-electron chi connectivity index (χ4n) is 3.38. The van der Waals surface area contributed by atoms with Gasteiger partial charge in [-0.05, 0) is 18.9 Å². The van der Waals surface area contributed by atoms with Crippen molar-refractivity contribution in [3.8, 4) is 5.75 Å². The number of fused-ring (bicyclic) bond motifs is 1. The summed E-state index contributed by atoms with van der Waals surface area (Å²) >= 11 is 6.14. The molecule has 0 saturated heterocycles. The number of carbonyl (C=O) groups excluding carboxylic acids is 1. The van der Waals surface area contributed by atoms with Crippen LogP contribution in [0.1, 0.15) is 50.1 Å². The Bertz CT molecular complexity index is 573. The topological polar surface area (TPSA) is 70.6 Å². The molecular formula is C17H23ClN2O3. The van der Waals surface area contributed by atoms with Crippen LogP contribution in [0, 0.1) is 0 Å². The number of aliphatic hydroxyl groups is 1. The third kappa shape index (κ3) is 3.90. The van der Waals surface area contributed by atoms with Gasteiger partial charge in [-0.1, -0.05) is 43.0 Å².